The Bertz CT molecular complexity index is 483. The Kier molecular flexibility index (Phi) is 4.61. The Morgan fingerprint density at radius 3 is 2.40 bits per heavy atom. The van der Waals surface area contributed by atoms with Gasteiger partial charge >= 0.3 is 0 Å². The van der Waals surface area contributed by atoms with Gasteiger partial charge < -0.3 is 15.7 Å². The maximum Gasteiger partial charge on any atom is 0.234 e. The highest BCUT2D eigenvalue weighted by Gasteiger charge is 2.23. The van der Waals surface area contributed by atoms with Crippen molar-refractivity contribution in [2.75, 3.05) is 13.2 Å². The van der Waals surface area contributed by atoms with Gasteiger partial charge in [-0.25, -0.2) is 13.2 Å². The molecule has 0 saturated heterocycles. The predicted molar refractivity (Wildman–Crippen MR) is 65.3 cm³/mol. The molecule has 1 atom stereocenters. The van der Waals surface area contributed by atoms with Crippen LogP contribution in [0.1, 0.15) is 24.4 Å². The molecule has 1 aromatic rings. The number of benzene rings is 1. The van der Waals surface area contributed by atoms with E-state index in [-0.39, 0.29) is 12.1 Å². The zero-order chi connectivity index (χ0) is 14.7. The Morgan fingerprint density at radius 2 is 1.90 bits per heavy atom. The van der Waals surface area contributed by atoms with E-state index in [2.05, 4.69) is 10.6 Å². The van der Waals surface area contributed by atoms with Crippen molar-refractivity contribution in [1.29, 1.82) is 0 Å². The molecule has 4 nitrogen and oxygen atoms in total. The molecule has 0 aromatic heterocycles. The van der Waals surface area contributed by atoms with Crippen LogP contribution in [0.25, 0.3) is 0 Å². The van der Waals surface area contributed by atoms with E-state index in [1.807, 2.05) is 0 Å². The standard InChI is InChI=1S/C13H15F3N2O2/c14-9-3-7(4-10(15)13(9)16)11(6-19)18-12(20)5-17-8-1-2-8/h3-4,8,11,17,19H,1-2,5-6H2,(H,18,20). The lowest BCUT2D eigenvalue weighted by Crippen LogP contribution is -2.38. The molecular weight excluding hydrogens is 273 g/mol. The maximum atomic E-state index is 13.1. The fourth-order valence-electron chi connectivity index (χ4n) is 1.78. The molecule has 1 unspecified atom stereocenters. The normalized spacial score (nSPS) is 16.0. The average molecular weight is 288 g/mol. The van der Waals surface area contributed by atoms with Crippen LogP contribution < -0.4 is 10.6 Å². The van der Waals surface area contributed by atoms with E-state index in [1.54, 1.807) is 0 Å². The van der Waals surface area contributed by atoms with Gasteiger partial charge in [0.2, 0.25) is 5.91 Å². The van der Waals surface area contributed by atoms with E-state index < -0.39 is 36.0 Å². The summed E-state index contributed by atoms with van der Waals surface area (Å²) in [6.45, 7) is -0.479. The lowest BCUT2D eigenvalue weighted by molar-refractivity contribution is -0.121. The largest absolute Gasteiger partial charge is 0.394 e. The Balaban J connectivity index is 2.01. The number of hydrogen-bond acceptors (Lipinski definition) is 3. The smallest absolute Gasteiger partial charge is 0.234 e. The quantitative estimate of drug-likeness (QED) is 0.685. The van der Waals surface area contributed by atoms with Gasteiger partial charge in [-0.1, -0.05) is 0 Å². The summed E-state index contributed by atoms with van der Waals surface area (Å²) >= 11 is 0. The van der Waals surface area contributed by atoms with Crippen LogP contribution in [0.2, 0.25) is 0 Å². The molecule has 1 aliphatic rings. The zero-order valence-corrected chi connectivity index (χ0v) is 10.6. The van der Waals surface area contributed by atoms with E-state index in [4.69, 9.17) is 0 Å². The number of aliphatic hydroxyl groups excluding tert-OH is 1. The fourth-order valence-corrected chi connectivity index (χ4v) is 1.78. The molecule has 110 valence electrons. The van der Waals surface area contributed by atoms with Gasteiger partial charge in [0, 0.05) is 6.04 Å². The molecule has 1 saturated carbocycles. The number of nitrogens with one attached hydrogen (secondary N) is 2. The average Bonchev–Trinajstić information content (AvgIpc) is 3.23. The maximum absolute atomic E-state index is 13.1. The second-order valence-corrected chi connectivity index (χ2v) is 4.76. The highest BCUT2D eigenvalue weighted by atomic mass is 19.2. The van der Waals surface area contributed by atoms with Gasteiger partial charge in [-0.15, -0.1) is 0 Å². The topological polar surface area (TPSA) is 61.4 Å². The van der Waals surface area contributed by atoms with Gasteiger partial charge in [0.05, 0.1) is 19.2 Å². The first kappa shape index (κ1) is 14.8. The second-order valence-electron chi connectivity index (χ2n) is 4.76. The molecule has 7 heteroatoms. The van der Waals surface area contributed by atoms with E-state index in [9.17, 15) is 23.1 Å². The monoisotopic (exact) mass is 288 g/mol. The molecule has 0 aliphatic heterocycles. The van der Waals surface area contributed by atoms with Crippen LogP contribution in [0, 0.1) is 17.5 Å². The summed E-state index contributed by atoms with van der Waals surface area (Å²) in [5.74, 6) is -4.69. The van der Waals surface area contributed by atoms with E-state index in [0.717, 1.165) is 25.0 Å². The molecule has 0 heterocycles. The minimum absolute atomic E-state index is 0.0244. The van der Waals surface area contributed by atoms with Crippen LogP contribution in [0.15, 0.2) is 12.1 Å². The third-order valence-corrected chi connectivity index (χ3v) is 3.05. The highest BCUT2D eigenvalue weighted by molar-refractivity contribution is 5.78. The number of aliphatic hydroxyl groups is 1. The molecule has 2 rings (SSSR count). The molecule has 3 N–H and O–H groups in total. The van der Waals surface area contributed by atoms with Gasteiger partial charge in [0.15, 0.2) is 17.5 Å². The van der Waals surface area contributed by atoms with E-state index in [0.29, 0.717) is 6.04 Å². The van der Waals surface area contributed by atoms with Crippen molar-refractivity contribution in [2.24, 2.45) is 0 Å². The third kappa shape index (κ3) is 3.71. The minimum Gasteiger partial charge on any atom is -0.394 e. The number of hydrogen-bond donors (Lipinski definition) is 3. The summed E-state index contributed by atoms with van der Waals surface area (Å²) in [5.41, 5.74) is -0.0244. The minimum atomic E-state index is -1.58. The van der Waals surface area contributed by atoms with Crippen LogP contribution in [0.3, 0.4) is 0 Å². The van der Waals surface area contributed by atoms with Crippen molar-refractivity contribution >= 4 is 5.91 Å². The first-order valence-electron chi connectivity index (χ1n) is 6.29. The van der Waals surface area contributed by atoms with Gasteiger partial charge in [0.25, 0.3) is 0 Å². The van der Waals surface area contributed by atoms with Crippen LogP contribution in [0.5, 0.6) is 0 Å². The number of halogens is 3. The van der Waals surface area contributed by atoms with Crippen LogP contribution in [-0.4, -0.2) is 30.2 Å². The summed E-state index contributed by atoms with van der Waals surface area (Å²) in [7, 11) is 0. The molecule has 0 spiro atoms. The number of amides is 1. The van der Waals surface area contributed by atoms with Gasteiger partial charge in [-0.2, -0.15) is 0 Å². The Hall–Kier alpha value is -1.60. The van der Waals surface area contributed by atoms with Crippen LogP contribution in [0.4, 0.5) is 13.2 Å². The molecule has 0 bridgehead atoms. The van der Waals surface area contributed by atoms with Crippen LogP contribution in [-0.2, 0) is 4.79 Å². The van der Waals surface area contributed by atoms with Crippen molar-refractivity contribution in [1.82, 2.24) is 10.6 Å². The van der Waals surface area contributed by atoms with Crippen molar-refractivity contribution in [3.05, 3.63) is 35.1 Å². The van der Waals surface area contributed by atoms with Gasteiger partial charge in [-0.05, 0) is 30.5 Å². The first-order chi connectivity index (χ1) is 9.51. The second kappa shape index (κ2) is 6.23. The summed E-state index contributed by atoms with van der Waals surface area (Å²) in [6, 6.07) is 0.879. The Labute approximate surface area is 114 Å². The van der Waals surface area contributed by atoms with Crippen LogP contribution >= 0.6 is 0 Å². The molecule has 1 fully saturated rings. The molecule has 20 heavy (non-hydrogen) atoms. The summed E-state index contributed by atoms with van der Waals surface area (Å²) in [5, 5.41) is 14.6. The number of carbonyl (C=O) groups is 1. The fraction of sp³-hybridized carbons (Fsp3) is 0.462. The van der Waals surface area contributed by atoms with Crippen molar-refractivity contribution in [3.63, 3.8) is 0 Å². The molecule has 0 radical (unpaired) electrons. The zero-order valence-electron chi connectivity index (χ0n) is 10.6. The lowest BCUT2D eigenvalue weighted by atomic mass is 10.1. The van der Waals surface area contributed by atoms with Gasteiger partial charge in [-0.3, -0.25) is 4.79 Å². The van der Waals surface area contributed by atoms with Crippen molar-refractivity contribution < 1.29 is 23.1 Å². The Morgan fingerprint density at radius 1 is 1.30 bits per heavy atom. The highest BCUT2D eigenvalue weighted by Crippen LogP contribution is 2.20. The number of rotatable bonds is 6. The molecule has 1 amide bonds. The summed E-state index contributed by atoms with van der Waals surface area (Å²) in [4.78, 5) is 11.6. The third-order valence-electron chi connectivity index (χ3n) is 3.05. The van der Waals surface area contributed by atoms with E-state index >= 15 is 0 Å². The summed E-state index contributed by atoms with van der Waals surface area (Å²) < 4.78 is 39.1. The number of carbonyl (C=O) groups excluding carboxylic acids is 1. The predicted octanol–water partition coefficient (Wildman–Crippen LogP) is 1.01. The summed E-state index contributed by atoms with van der Waals surface area (Å²) in [6.07, 6.45) is 2.04. The molecule has 1 aliphatic carbocycles. The van der Waals surface area contributed by atoms with Gasteiger partial charge in [0.1, 0.15) is 0 Å². The van der Waals surface area contributed by atoms with E-state index in [1.165, 1.54) is 0 Å². The lowest BCUT2D eigenvalue weighted by Gasteiger charge is -2.17. The SMILES string of the molecule is O=C(CNC1CC1)NC(CO)c1cc(F)c(F)c(F)c1. The molecule has 1 aromatic carbocycles. The first-order valence-corrected chi connectivity index (χ1v) is 6.29. The molecular formula is C13H15F3N2O2. The van der Waals surface area contributed by atoms with Crippen molar-refractivity contribution in [2.45, 2.75) is 24.9 Å². The van der Waals surface area contributed by atoms with Crippen molar-refractivity contribution in [3.8, 4) is 0 Å².